The van der Waals surface area contributed by atoms with Gasteiger partial charge in [-0.3, -0.25) is 0 Å². The molecular weight excluding hydrogens is 402 g/mol. The summed E-state index contributed by atoms with van der Waals surface area (Å²) >= 11 is 0. The van der Waals surface area contributed by atoms with Crippen molar-refractivity contribution < 1.29 is 13.6 Å². The van der Waals surface area contributed by atoms with E-state index in [4.69, 9.17) is 0 Å². The molecule has 9 heteroatoms. The molecule has 7 nitrogen and oxygen atoms in total. The van der Waals surface area contributed by atoms with Crippen molar-refractivity contribution >= 4 is 12.0 Å². The number of benzene rings is 1. The summed E-state index contributed by atoms with van der Waals surface area (Å²) in [5.74, 6) is -1.27. The Bertz CT molecular complexity index is 969. The Morgan fingerprint density at radius 3 is 2.77 bits per heavy atom. The Balaban J connectivity index is 1.45. The number of urea groups is 1. The topological polar surface area (TPSA) is 73.4 Å². The fraction of sp³-hybridized carbons (Fsp3) is 0.500. The average molecular weight is 431 g/mol. The highest BCUT2D eigenvalue weighted by Gasteiger charge is 2.35. The Hall–Kier alpha value is -2.81. The summed E-state index contributed by atoms with van der Waals surface area (Å²) < 4.78 is 27.1. The minimum atomic E-state index is -0.865. The molecule has 1 saturated heterocycles. The van der Waals surface area contributed by atoms with Crippen molar-refractivity contribution in [2.24, 2.45) is 0 Å². The molecule has 2 aliphatic rings. The van der Waals surface area contributed by atoms with Gasteiger partial charge in [0, 0.05) is 37.8 Å². The number of anilines is 1. The highest BCUT2D eigenvalue weighted by Crippen LogP contribution is 2.28. The van der Waals surface area contributed by atoms with Crippen molar-refractivity contribution in [3.05, 3.63) is 52.9 Å². The van der Waals surface area contributed by atoms with Crippen LogP contribution in [0.25, 0.3) is 0 Å². The van der Waals surface area contributed by atoms with Crippen molar-refractivity contribution in [3.63, 3.8) is 0 Å². The predicted octanol–water partition coefficient (Wildman–Crippen LogP) is 2.74. The number of likely N-dealkylation sites (tertiary alicyclic amines) is 1. The van der Waals surface area contributed by atoms with Gasteiger partial charge >= 0.3 is 6.03 Å². The number of carbonyl (C=O) groups is 1. The van der Waals surface area contributed by atoms with E-state index in [0.29, 0.717) is 44.1 Å². The molecule has 4 rings (SSSR count). The van der Waals surface area contributed by atoms with Gasteiger partial charge in [-0.25, -0.2) is 23.5 Å². The van der Waals surface area contributed by atoms with Crippen LogP contribution in [0.2, 0.25) is 0 Å². The lowest BCUT2D eigenvalue weighted by molar-refractivity contribution is 0.186. The van der Waals surface area contributed by atoms with Gasteiger partial charge in [-0.15, -0.1) is 0 Å². The molecule has 2 amide bonds. The zero-order valence-corrected chi connectivity index (χ0v) is 18.0. The highest BCUT2D eigenvalue weighted by atomic mass is 19.2. The second-order valence-corrected chi connectivity index (χ2v) is 8.69. The van der Waals surface area contributed by atoms with Gasteiger partial charge in [0.2, 0.25) is 5.95 Å². The summed E-state index contributed by atoms with van der Waals surface area (Å²) in [4.78, 5) is 25.8. The molecule has 3 heterocycles. The van der Waals surface area contributed by atoms with E-state index in [9.17, 15) is 13.6 Å². The van der Waals surface area contributed by atoms with Gasteiger partial charge < -0.3 is 20.4 Å². The third-order valence-corrected chi connectivity index (χ3v) is 5.83. The third kappa shape index (κ3) is 4.76. The second-order valence-electron chi connectivity index (χ2n) is 8.69. The average Bonchev–Trinajstić information content (AvgIpc) is 3.09. The van der Waals surface area contributed by atoms with Gasteiger partial charge in [-0.05, 0) is 50.6 Å². The van der Waals surface area contributed by atoms with E-state index in [2.05, 4.69) is 25.5 Å². The van der Waals surface area contributed by atoms with Crippen LogP contribution in [-0.4, -0.2) is 64.6 Å². The Kier molecular flexibility index (Phi) is 6.04. The van der Waals surface area contributed by atoms with Crippen LogP contribution in [-0.2, 0) is 13.0 Å². The molecule has 2 aliphatic heterocycles. The number of likely N-dealkylation sites (N-methyl/N-ethyl adjacent to an activating group) is 1. The number of fused-ring (bicyclic) bond motifs is 1. The van der Waals surface area contributed by atoms with Crippen LogP contribution in [0.15, 0.2) is 24.4 Å². The molecule has 2 N–H and O–H groups in total. The van der Waals surface area contributed by atoms with Gasteiger partial charge in [-0.2, -0.15) is 0 Å². The number of halogens is 2. The molecule has 166 valence electrons. The molecule has 0 spiro atoms. The standard InChI is InChI=1S/C22H28F2N6O/c1-13(2)26-21-25-9-15-6-7-30(12-19(15)27-21)22(31)28-20-11-29(3)10-16(20)14-4-5-17(23)18(24)8-14/h4-5,8-9,13,16,20H,6-7,10-12H2,1-3H3,(H,28,31)(H,25,26,27). The van der Waals surface area contributed by atoms with Gasteiger partial charge in [-0.1, -0.05) is 6.07 Å². The minimum absolute atomic E-state index is 0.106. The van der Waals surface area contributed by atoms with E-state index in [0.717, 1.165) is 17.3 Å². The molecule has 2 aromatic rings. The summed E-state index contributed by atoms with van der Waals surface area (Å²) in [6.45, 7) is 6.34. The van der Waals surface area contributed by atoms with E-state index >= 15 is 0 Å². The lowest BCUT2D eigenvalue weighted by Crippen LogP contribution is -2.49. The van der Waals surface area contributed by atoms with E-state index in [-0.39, 0.29) is 24.0 Å². The predicted molar refractivity (Wildman–Crippen MR) is 114 cm³/mol. The molecular formula is C22H28F2N6O. The molecule has 2 unspecified atom stereocenters. The smallest absolute Gasteiger partial charge is 0.318 e. The van der Waals surface area contributed by atoms with E-state index in [1.54, 1.807) is 11.0 Å². The number of hydrogen-bond acceptors (Lipinski definition) is 5. The second kappa shape index (κ2) is 8.74. The van der Waals surface area contributed by atoms with Gasteiger partial charge in [0.25, 0.3) is 0 Å². The van der Waals surface area contributed by atoms with Gasteiger partial charge in [0.05, 0.1) is 18.3 Å². The minimum Gasteiger partial charge on any atom is -0.352 e. The zero-order chi connectivity index (χ0) is 22.1. The van der Waals surface area contributed by atoms with Crippen molar-refractivity contribution in [1.82, 2.24) is 25.1 Å². The first-order valence-corrected chi connectivity index (χ1v) is 10.6. The number of aromatic nitrogens is 2. The number of carbonyl (C=O) groups excluding carboxylic acids is 1. The first kappa shape index (κ1) is 21.4. The van der Waals surface area contributed by atoms with Gasteiger partial charge in [0.15, 0.2) is 11.6 Å². The Labute approximate surface area is 180 Å². The monoisotopic (exact) mass is 430 g/mol. The number of nitrogens with one attached hydrogen (secondary N) is 2. The molecule has 1 aromatic heterocycles. The largest absolute Gasteiger partial charge is 0.352 e. The summed E-state index contributed by atoms with van der Waals surface area (Å²) in [5, 5.41) is 6.30. The molecule has 1 fully saturated rings. The summed E-state index contributed by atoms with van der Waals surface area (Å²) in [5.41, 5.74) is 2.59. The number of nitrogens with zero attached hydrogens (tertiary/aromatic N) is 4. The van der Waals surface area contributed by atoms with Crippen LogP contribution in [0.1, 0.15) is 36.6 Å². The highest BCUT2D eigenvalue weighted by molar-refractivity contribution is 5.75. The normalized spacial score (nSPS) is 21.3. The lowest BCUT2D eigenvalue weighted by Gasteiger charge is -2.30. The number of amides is 2. The van der Waals surface area contributed by atoms with Gasteiger partial charge in [0.1, 0.15) is 0 Å². The molecule has 2 atom stereocenters. The Morgan fingerprint density at radius 2 is 2.03 bits per heavy atom. The lowest BCUT2D eigenvalue weighted by atomic mass is 9.94. The van der Waals surface area contributed by atoms with Crippen LogP contribution in [0, 0.1) is 11.6 Å². The molecule has 0 aliphatic carbocycles. The molecule has 31 heavy (non-hydrogen) atoms. The van der Waals surface area contributed by atoms with Crippen LogP contribution in [0.5, 0.6) is 0 Å². The van der Waals surface area contributed by atoms with Crippen LogP contribution in [0.4, 0.5) is 19.5 Å². The molecule has 1 aromatic carbocycles. The molecule has 0 saturated carbocycles. The third-order valence-electron chi connectivity index (χ3n) is 5.83. The summed E-state index contributed by atoms with van der Waals surface area (Å²) in [6.07, 6.45) is 2.52. The van der Waals surface area contributed by atoms with Crippen LogP contribution >= 0.6 is 0 Å². The maximum atomic E-state index is 13.8. The zero-order valence-electron chi connectivity index (χ0n) is 18.0. The summed E-state index contributed by atoms with van der Waals surface area (Å²) in [6, 6.07) is 3.83. The Morgan fingerprint density at radius 1 is 1.23 bits per heavy atom. The fourth-order valence-corrected chi connectivity index (χ4v) is 4.28. The SMILES string of the molecule is CC(C)Nc1ncc2c(n1)CN(C(=O)NC1CN(C)CC1c1ccc(F)c(F)c1)CC2. The number of rotatable bonds is 4. The van der Waals surface area contributed by atoms with E-state index < -0.39 is 11.6 Å². The van der Waals surface area contributed by atoms with Crippen molar-refractivity contribution in [2.45, 2.75) is 44.8 Å². The molecule has 0 radical (unpaired) electrons. The van der Waals surface area contributed by atoms with Crippen molar-refractivity contribution in [3.8, 4) is 0 Å². The van der Waals surface area contributed by atoms with Crippen molar-refractivity contribution in [2.75, 3.05) is 32.0 Å². The fourth-order valence-electron chi connectivity index (χ4n) is 4.28. The van der Waals surface area contributed by atoms with Crippen molar-refractivity contribution in [1.29, 1.82) is 0 Å². The maximum Gasteiger partial charge on any atom is 0.318 e. The number of hydrogen-bond donors (Lipinski definition) is 2. The van der Waals surface area contributed by atoms with Crippen LogP contribution in [0.3, 0.4) is 0 Å². The maximum absolute atomic E-state index is 13.8. The summed E-state index contributed by atoms with van der Waals surface area (Å²) in [7, 11) is 1.95. The van der Waals surface area contributed by atoms with E-state index in [1.807, 2.05) is 27.1 Å². The van der Waals surface area contributed by atoms with E-state index in [1.165, 1.54) is 6.07 Å². The first-order valence-electron chi connectivity index (χ1n) is 10.6. The quantitative estimate of drug-likeness (QED) is 0.781. The molecule has 0 bridgehead atoms. The van der Waals surface area contributed by atoms with Crippen LogP contribution < -0.4 is 10.6 Å². The first-order chi connectivity index (χ1) is 14.8.